The lowest BCUT2D eigenvalue weighted by Crippen LogP contribution is -2.63. The molecule has 2 fully saturated rings. The number of nitrogens with zero attached hydrogens (tertiary/aromatic N) is 4. The van der Waals surface area contributed by atoms with Crippen molar-refractivity contribution in [1.82, 2.24) is 19.6 Å². The summed E-state index contributed by atoms with van der Waals surface area (Å²) in [5, 5.41) is 0. The standard InChI is InChI=1S/2C33H27BrN2O4/c2*34-28-19-11-10-18-26(28)29(37)20-27(25-16-8-3-9-17-25)30-31(38)36(22-24-14-6-2-7-15-24)33(40)32(39)35(30)21-23-12-4-1-5-13-23/h2*1-19,27,30H,20-22H2/t2*27-,30-/m00/s1. The number of Topliss-reactive ketones (excluding diaryl/α,β-unsaturated/α-hetero) is 2. The molecule has 0 N–H and O–H groups in total. The van der Waals surface area contributed by atoms with Gasteiger partial charge in [-0.1, -0.05) is 250 Å². The van der Waals surface area contributed by atoms with Crippen molar-refractivity contribution in [3.63, 3.8) is 0 Å². The minimum absolute atomic E-state index is 0.0282. The van der Waals surface area contributed by atoms with Crippen molar-refractivity contribution >= 4 is 78.9 Å². The predicted molar refractivity (Wildman–Crippen MR) is 310 cm³/mol. The van der Waals surface area contributed by atoms with Crippen molar-refractivity contribution in [3.05, 3.63) is 284 Å². The van der Waals surface area contributed by atoms with Crippen LogP contribution in [0.4, 0.5) is 0 Å². The number of hydrogen-bond acceptors (Lipinski definition) is 8. The minimum atomic E-state index is -1.07. The lowest BCUT2D eigenvalue weighted by Gasteiger charge is -2.42. The van der Waals surface area contributed by atoms with Crippen molar-refractivity contribution in [2.24, 2.45) is 0 Å². The summed E-state index contributed by atoms with van der Waals surface area (Å²) in [5.41, 5.74) is 5.47. The van der Waals surface area contributed by atoms with Crippen molar-refractivity contribution in [2.75, 3.05) is 0 Å². The molecule has 0 saturated carbocycles. The average Bonchev–Trinajstić information content (AvgIpc) is 3.60. The highest BCUT2D eigenvalue weighted by atomic mass is 79.9. The van der Waals surface area contributed by atoms with E-state index in [1.54, 1.807) is 36.4 Å². The fourth-order valence-corrected chi connectivity index (χ4v) is 11.3. The van der Waals surface area contributed by atoms with E-state index in [0.29, 0.717) is 20.1 Å². The Bertz CT molecular complexity index is 3290. The third kappa shape index (κ3) is 13.1. The molecule has 14 heteroatoms. The molecule has 2 saturated heterocycles. The van der Waals surface area contributed by atoms with E-state index in [4.69, 9.17) is 0 Å². The van der Waals surface area contributed by atoms with E-state index >= 15 is 0 Å². The van der Waals surface area contributed by atoms with Gasteiger partial charge in [-0.05, 0) is 45.5 Å². The van der Waals surface area contributed by atoms with Crippen LogP contribution in [0.2, 0.25) is 0 Å². The molecule has 12 nitrogen and oxygen atoms in total. The summed E-state index contributed by atoms with van der Waals surface area (Å²) in [6, 6.07) is 67.3. The van der Waals surface area contributed by atoms with Gasteiger partial charge in [0.2, 0.25) is 0 Å². The van der Waals surface area contributed by atoms with E-state index < -0.39 is 59.4 Å². The Kier molecular flexibility index (Phi) is 18.4. The SMILES string of the molecule is O=C(C[C@@H](c1ccccc1)[C@H]1C(=O)N(Cc2ccccc2)C(=O)C(=O)N1Cc1ccccc1)c1ccccc1Br.O=C(C[C@@H](c1ccccc1)[C@H]1C(=O)N(Cc2ccccc2)C(=O)C(=O)N1Cc1ccccc1)c1ccccc1Br. The van der Waals surface area contributed by atoms with Gasteiger partial charge in [0, 0.05) is 57.8 Å². The monoisotopic (exact) mass is 1190 g/mol. The molecule has 0 spiro atoms. The maximum absolute atomic E-state index is 14.3. The molecule has 10 rings (SSSR count). The van der Waals surface area contributed by atoms with Crippen LogP contribution in [0.3, 0.4) is 0 Å². The van der Waals surface area contributed by atoms with E-state index in [1.807, 2.05) is 194 Å². The molecular formula is C66H54Br2N4O8. The zero-order chi connectivity index (χ0) is 56.1. The number of hydrogen-bond donors (Lipinski definition) is 0. The van der Waals surface area contributed by atoms with Gasteiger partial charge in [0.05, 0.1) is 13.1 Å². The first kappa shape index (κ1) is 56.0. The van der Waals surface area contributed by atoms with Gasteiger partial charge < -0.3 is 9.80 Å². The molecular weight excluding hydrogens is 1140 g/mol. The van der Waals surface area contributed by atoms with Crippen LogP contribution in [-0.2, 0) is 54.9 Å². The molecule has 2 aliphatic rings. The second-order valence-corrected chi connectivity index (χ2v) is 21.1. The molecule has 2 heterocycles. The predicted octanol–water partition coefficient (Wildman–Crippen LogP) is 11.5. The van der Waals surface area contributed by atoms with Crippen molar-refractivity contribution in [1.29, 1.82) is 0 Å². The second-order valence-electron chi connectivity index (χ2n) is 19.4. The fourth-order valence-electron chi connectivity index (χ4n) is 10.2. The Morgan fingerprint density at radius 2 is 0.600 bits per heavy atom. The zero-order valence-corrected chi connectivity index (χ0v) is 46.5. The molecule has 0 bridgehead atoms. The van der Waals surface area contributed by atoms with E-state index in [0.717, 1.165) is 43.2 Å². The zero-order valence-electron chi connectivity index (χ0n) is 43.3. The Morgan fingerprint density at radius 3 is 0.900 bits per heavy atom. The Balaban J connectivity index is 0.000000194. The largest absolute Gasteiger partial charge is 0.319 e. The van der Waals surface area contributed by atoms with Crippen LogP contribution >= 0.6 is 31.9 Å². The van der Waals surface area contributed by atoms with Crippen LogP contribution in [0.25, 0.3) is 0 Å². The Hall–Kier alpha value is -8.72. The van der Waals surface area contributed by atoms with Gasteiger partial charge in [0.25, 0.3) is 11.8 Å². The summed E-state index contributed by atoms with van der Waals surface area (Å²) in [4.78, 5) is 115. The van der Waals surface area contributed by atoms with Crippen LogP contribution < -0.4 is 0 Å². The summed E-state index contributed by atoms with van der Waals surface area (Å²) in [6.45, 7) is 0.0698. The van der Waals surface area contributed by atoms with Crippen molar-refractivity contribution in [3.8, 4) is 0 Å². The molecule has 0 aromatic heterocycles. The molecule has 2 aliphatic heterocycles. The number of halogens is 2. The first-order valence-corrected chi connectivity index (χ1v) is 27.6. The molecule has 0 aliphatic carbocycles. The first-order chi connectivity index (χ1) is 38.9. The number of carbonyl (C=O) groups is 8. The number of carbonyl (C=O) groups excluding carboxylic acids is 8. The van der Waals surface area contributed by atoms with Crippen LogP contribution in [0, 0.1) is 0 Å². The maximum Gasteiger partial charge on any atom is 0.319 e. The molecule has 6 amide bonds. The van der Waals surface area contributed by atoms with Crippen molar-refractivity contribution < 1.29 is 38.4 Å². The number of ketones is 2. The molecule has 8 aromatic rings. The average molecular weight is 1190 g/mol. The quantitative estimate of drug-likeness (QED) is 0.0468. The molecule has 400 valence electrons. The molecule has 0 radical (unpaired) electrons. The normalized spacial score (nSPS) is 16.2. The summed E-state index contributed by atoms with van der Waals surface area (Å²) in [6.07, 6.45) is -0.0655. The highest BCUT2D eigenvalue weighted by Gasteiger charge is 2.51. The Morgan fingerprint density at radius 1 is 0.338 bits per heavy atom. The van der Waals surface area contributed by atoms with Gasteiger partial charge >= 0.3 is 23.6 Å². The smallest absolute Gasteiger partial charge is 0.317 e. The van der Waals surface area contributed by atoms with Crippen LogP contribution in [0.15, 0.2) is 239 Å². The molecule has 0 unspecified atom stereocenters. The number of benzene rings is 8. The summed E-state index contributed by atoms with van der Waals surface area (Å²) < 4.78 is 1.31. The fraction of sp³-hybridized carbons (Fsp3) is 0.152. The van der Waals surface area contributed by atoms with Gasteiger partial charge in [0.15, 0.2) is 11.6 Å². The maximum atomic E-state index is 14.3. The van der Waals surface area contributed by atoms with E-state index in [2.05, 4.69) is 31.9 Å². The topological polar surface area (TPSA) is 150 Å². The van der Waals surface area contributed by atoms with Gasteiger partial charge in [-0.25, -0.2) is 0 Å². The minimum Gasteiger partial charge on any atom is -0.317 e. The Labute approximate surface area is 480 Å². The van der Waals surface area contributed by atoms with Crippen LogP contribution in [0.5, 0.6) is 0 Å². The number of piperazine rings is 2. The number of imide groups is 2. The lowest BCUT2D eigenvalue weighted by atomic mass is 9.82. The van der Waals surface area contributed by atoms with E-state index in [9.17, 15) is 38.4 Å². The van der Waals surface area contributed by atoms with Crippen molar-refractivity contribution in [2.45, 2.75) is 62.9 Å². The summed E-state index contributed by atoms with van der Waals surface area (Å²) >= 11 is 6.93. The highest BCUT2D eigenvalue weighted by molar-refractivity contribution is 9.10. The molecule has 4 atom stereocenters. The summed E-state index contributed by atoms with van der Waals surface area (Å²) in [5.74, 6) is -6.00. The summed E-state index contributed by atoms with van der Waals surface area (Å²) in [7, 11) is 0. The number of amides is 6. The highest BCUT2D eigenvalue weighted by Crippen LogP contribution is 2.37. The molecule has 80 heavy (non-hydrogen) atoms. The van der Waals surface area contributed by atoms with E-state index in [1.165, 1.54) is 9.80 Å². The second kappa shape index (κ2) is 26.3. The first-order valence-electron chi connectivity index (χ1n) is 26.0. The van der Waals surface area contributed by atoms with Gasteiger partial charge in [-0.2, -0.15) is 0 Å². The van der Waals surface area contributed by atoms with Gasteiger partial charge in [0.1, 0.15) is 12.1 Å². The van der Waals surface area contributed by atoms with Crippen LogP contribution in [-0.4, -0.2) is 78.7 Å². The number of rotatable bonds is 18. The third-order valence-corrected chi connectivity index (χ3v) is 15.6. The lowest BCUT2D eigenvalue weighted by molar-refractivity contribution is -0.169. The van der Waals surface area contributed by atoms with E-state index in [-0.39, 0.29) is 50.6 Å². The van der Waals surface area contributed by atoms with Gasteiger partial charge in [-0.3, -0.25) is 48.2 Å². The van der Waals surface area contributed by atoms with Crippen LogP contribution in [0.1, 0.15) is 78.8 Å². The molecule has 8 aromatic carbocycles. The van der Waals surface area contributed by atoms with Gasteiger partial charge in [-0.15, -0.1) is 0 Å². The third-order valence-electron chi connectivity index (χ3n) is 14.2.